The number of hydrogen-bond acceptors (Lipinski definition) is 3. The molecule has 0 saturated carbocycles. The summed E-state index contributed by atoms with van der Waals surface area (Å²) in [5.41, 5.74) is 0.854. The van der Waals surface area contributed by atoms with Crippen LogP contribution in [0.5, 0.6) is 0 Å². The van der Waals surface area contributed by atoms with Gasteiger partial charge in [-0.05, 0) is 48.0 Å². The number of rotatable bonds is 4. The molecule has 0 aliphatic heterocycles. The average molecular weight is 358 g/mol. The maximum absolute atomic E-state index is 12.7. The Labute approximate surface area is 146 Å². The fourth-order valence-corrected chi connectivity index (χ4v) is 2.21. The zero-order valence-corrected chi connectivity index (χ0v) is 13.3. The average Bonchev–Trinajstić information content (AvgIpc) is 3.15. The van der Waals surface area contributed by atoms with Gasteiger partial charge in [0.25, 0.3) is 0 Å². The molecule has 2 aromatic carbocycles. The molecule has 26 heavy (non-hydrogen) atoms. The number of carbonyl (C=O) groups excluding carboxylic acids is 1. The van der Waals surface area contributed by atoms with Crippen LogP contribution in [0.4, 0.5) is 18.9 Å². The van der Waals surface area contributed by atoms with Crippen molar-refractivity contribution in [2.75, 3.05) is 5.32 Å². The second-order valence-electron chi connectivity index (χ2n) is 5.33. The lowest BCUT2D eigenvalue weighted by atomic mass is 10.1. The van der Waals surface area contributed by atoms with Crippen LogP contribution in [0, 0.1) is 0 Å². The SMILES string of the molecule is O=C(C=Cc1cccc(C(F)(F)F)c1)Nc1ccc(-n2cncn2)cc1. The van der Waals surface area contributed by atoms with Gasteiger partial charge in [0.05, 0.1) is 11.3 Å². The van der Waals surface area contributed by atoms with Crippen LogP contribution in [-0.4, -0.2) is 20.7 Å². The summed E-state index contributed by atoms with van der Waals surface area (Å²) in [5.74, 6) is -0.448. The van der Waals surface area contributed by atoms with E-state index in [1.165, 1.54) is 30.6 Å². The Morgan fingerprint density at radius 1 is 1.12 bits per heavy atom. The van der Waals surface area contributed by atoms with Gasteiger partial charge in [0, 0.05) is 11.8 Å². The van der Waals surface area contributed by atoms with Gasteiger partial charge in [0.15, 0.2) is 0 Å². The second kappa shape index (κ2) is 7.22. The highest BCUT2D eigenvalue weighted by atomic mass is 19.4. The van der Waals surface area contributed by atoms with Crippen molar-refractivity contribution in [1.29, 1.82) is 0 Å². The molecule has 0 radical (unpaired) electrons. The van der Waals surface area contributed by atoms with Crippen LogP contribution >= 0.6 is 0 Å². The van der Waals surface area contributed by atoms with Crippen molar-refractivity contribution in [3.63, 3.8) is 0 Å². The van der Waals surface area contributed by atoms with Gasteiger partial charge in [-0.3, -0.25) is 4.79 Å². The first-order valence-corrected chi connectivity index (χ1v) is 7.53. The Morgan fingerprint density at radius 3 is 2.54 bits per heavy atom. The zero-order valence-electron chi connectivity index (χ0n) is 13.3. The molecule has 0 spiro atoms. The number of hydrogen-bond donors (Lipinski definition) is 1. The summed E-state index contributed by atoms with van der Waals surface area (Å²) in [4.78, 5) is 15.8. The summed E-state index contributed by atoms with van der Waals surface area (Å²) in [7, 11) is 0. The van der Waals surface area contributed by atoms with Crippen LogP contribution in [0.25, 0.3) is 11.8 Å². The third kappa shape index (κ3) is 4.35. The minimum absolute atomic E-state index is 0.288. The minimum Gasteiger partial charge on any atom is -0.323 e. The van der Waals surface area contributed by atoms with Crippen LogP contribution in [0.1, 0.15) is 11.1 Å². The Hall–Kier alpha value is -3.42. The first-order chi connectivity index (χ1) is 12.4. The predicted molar refractivity (Wildman–Crippen MR) is 90.5 cm³/mol. The van der Waals surface area contributed by atoms with Gasteiger partial charge in [-0.1, -0.05) is 12.1 Å². The molecule has 1 amide bonds. The topological polar surface area (TPSA) is 59.8 Å². The van der Waals surface area contributed by atoms with Crippen LogP contribution in [-0.2, 0) is 11.0 Å². The van der Waals surface area contributed by atoms with Crippen molar-refractivity contribution < 1.29 is 18.0 Å². The van der Waals surface area contributed by atoms with Gasteiger partial charge >= 0.3 is 6.18 Å². The molecule has 132 valence electrons. The lowest BCUT2D eigenvalue weighted by Gasteiger charge is -2.07. The third-order valence-corrected chi connectivity index (χ3v) is 3.46. The van der Waals surface area contributed by atoms with Gasteiger partial charge in [-0.2, -0.15) is 18.3 Å². The molecule has 0 unspecified atom stereocenters. The molecular weight excluding hydrogens is 345 g/mol. The zero-order chi connectivity index (χ0) is 18.6. The Bertz CT molecular complexity index is 916. The van der Waals surface area contributed by atoms with Crippen LogP contribution in [0.3, 0.4) is 0 Å². The lowest BCUT2D eigenvalue weighted by molar-refractivity contribution is -0.137. The van der Waals surface area contributed by atoms with E-state index in [0.717, 1.165) is 17.8 Å². The van der Waals surface area contributed by atoms with E-state index in [1.807, 2.05) is 0 Å². The molecule has 0 aliphatic rings. The predicted octanol–water partition coefficient (Wildman–Crippen LogP) is 3.94. The van der Waals surface area contributed by atoms with Crippen LogP contribution < -0.4 is 5.32 Å². The van der Waals surface area contributed by atoms with E-state index in [9.17, 15) is 18.0 Å². The number of amides is 1. The smallest absolute Gasteiger partial charge is 0.323 e. The van der Waals surface area contributed by atoms with Crippen molar-refractivity contribution in [3.05, 3.63) is 78.4 Å². The summed E-state index contributed by atoms with van der Waals surface area (Å²) in [6, 6.07) is 11.6. The summed E-state index contributed by atoms with van der Waals surface area (Å²) in [5, 5.41) is 6.63. The molecule has 3 aromatic rings. The third-order valence-electron chi connectivity index (χ3n) is 3.46. The van der Waals surface area contributed by atoms with E-state index >= 15 is 0 Å². The molecular formula is C18H13F3N4O. The van der Waals surface area contributed by atoms with E-state index in [-0.39, 0.29) is 5.56 Å². The Morgan fingerprint density at radius 2 is 1.88 bits per heavy atom. The number of aromatic nitrogens is 3. The number of anilines is 1. The van der Waals surface area contributed by atoms with E-state index in [0.29, 0.717) is 5.69 Å². The van der Waals surface area contributed by atoms with Gasteiger partial charge in [-0.25, -0.2) is 9.67 Å². The number of benzene rings is 2. The molecule has 1 aromatic heterocycles. The molecule has 0 saturated heterocycles. The summed E-state index contributed by atoms with van der Waals surface area (Å²) in [6.45, 7) is 0. The molecule has 0 fully saturated rings. The fraction of sp³-hybridized carbons (Fsp3) is 0.0556. The maximum atomic E-state index is 12.7. The van der Waals surface area contributed by atoms with Crippen molar-refractivity contribution in [1.82, 2.24) is 14.8 Å². The van der Waals surface area contributed by atoms with Crippen molar-refractivity contribution in [3.8, 4) is 5.69 Å². The van der Waals surface area contributed by atoms with E-state index in [1.54, 1.807) is 35.3 Å². The summed E-state index contributed by atoms with van der Waals surface area (Å²) in [6.07, 6.45) is 1.05. The Balaban J connectivity index is 1.64. The first kappa shape index (κ1) is 17.4. The minimum atomic E-state index is -4.42. The van der Waals surface area contributed by atoms with Crippen molar-refractivity contribution >= 4 is 17.7 Å². The molecule has 3 rings (SSSR count). The number of carbonyl (C=O) groups is 1. The van der Waals surface area contributed by atoms with E-state index in [4.69, 9.17) is 0 Å². The summed E-state index contributed by atoms with van der Waals surface area (Å²) < 4.78 is 39.6. The molecule has 0 aliphatic carbocycles. The van der Waals surface area contributed by atoms with Crippen molar-refractivity contribution in [2.24, 2.45) is 0 Å². The molecule has 0 atom stereocenters. The highest BCUT2D eigenvalue weighted by Crippen LogP contribution is 2.29. The molecule has 1 heterocycles. The van der Waals surface area contributed by atoms with Crippen LogP contribution in [0.2, 0.25) is 0 Å². The van der Waals surface area contributed by atoms with Gasteiger partial charge < -0.3 is 5.32 Å². The van der Waals surface area contributed by atoms with Gasteiger partial charge in [-0.15, -0.1) is 0 Å². The monoisotopic (exact) mass is 358 g/mol. The van der Waals surface area contributed by atoms with E-state index in [2.05, 4.69) is 15.4 Å². The molecule has 8 heteroatoms. The largest absolute Gasteiger partial charge is 0.416 e. The van der Waals surface area contributed by atoms with Gasteiger partial charge in [0.1, 0.15) is 12.7 Å². The Kier molecular flexibility index (Phi) is 4.83. The number of nitrogens with one attached hydrogen (secondary N) is 1. The highest BCUT2D eigenvalue weighted by Gasteiger charge is 2.30. The lowest BCUT2D eigenvalue weighted by Crippen LogP contribution is -2.08. The van der Waals surface area contributed by atoms with Crippen LogP contribution in [0.15, 0.2) is 67.3 Å². The van der Waals surface area contributed by atoms with Gasteiger partial charge in [0.2, 0.25) is 5.91 Å². The number of nitrogens with zero attached hydrogens (tertiary/aromatic N) is 3. The maximum Gasteiger partial charge on any atom is 0.416 e. The van der Waals surface area contributed by atoms with Crippen molar-refractivity contribution in [2.45, 2.75) is 6.18 Å². The standard InChI is InChI=1S/C18H13F3N4O/c19-18(20,21)14-3-1-2-13(10-14)4-9-17(26)24-15-5-7-16(8-6-15)25-12-22-11-23-25/h1-12H,(H,24,26). The number of halogens is 3. The number of alkyl halides is 3. The first-order valence-electron chi connectivity index (χ1n) is 7.53. The quantitative estimate of drug-likeness (QED) is 0.719. The molecule has 1 N–H and O–H groups in total. The fourth-order valence-electron chi connectivity index (χ4n) is 2.21. The second-order valence-corrected chi connectivity index (χ2v) is 5.33. The summed E-state index contributed by atoms with van der Waals surface area (Å²) >= 11 is 0. The normalized spacial score (nSPS) is 11.7. The molecule has 5 nitrogen and oxygen atoms in total. The molecule has 0 bridgehead atoms. The van der Waals surface area contributed by atoms with E-state index < -0.39 is 17.6 Å². The highest BCUT2D eigenvalue weighted by molar-refractivity contribution is 6.01.